The quantitative estimate of drug-likeness (QED) is 0.618. The van der Waals surface area contributed by atoms with Crippen LogP contribution in [-0.4, -0.2) is 35.0 Å². The fourth-order valence-electron chi connectivity index (χ4n) is 3.01. The lowest BCUT2D eigenvalue weighted by Gasteiger charge is -2.28. The molecule has 1 amide bonds. The van der Waals surface area contributed by atoms with Crippen molar-refractivity contribution in [1.82, 2.24) is 4.98 Å². The molecular formula is C19H22N4O4. The largest absolute Gasteiger partial charge is 0.473 e. The Morgan fingerprint density at radius 3 is 2.59 bits per heavy atom. The number of aromatic nitrogens is 1. The summed E-state index contributed by atoms with van der Waals surface area (Å²) in [4.78, 5) is 28.7. The second-order valence-electron chi connectivity index (χ2n) is 6.43. The summed E-state index contributed by atoms with van der Waals surface area (Å²) in [7, 11) is 0. The fraction of sp³-hybridized carbons (Fsp3) is 0.368. The van der Waals surface area contributed by atoms with Crippen LogP contribution in [0.4, 0.5) is 17.2 Å². The lowest BCUT2D eigenvalue weighted by Crippen LogP contribution is -2.30. The van der Waals surface area contributed by atoms with Crippen LogP contribution in [-0.2, 0) is 4.79 Å². The first-order valence-electron chi connectivity index (χ1n) is 8.96. The molecule has 27 heavy (non-hydrogen) atoms. The number of nitrogens with zero attached hydrogens (tertiary/aromatic N) is 3. The number of hydrogen-bond donors (Lipinski definition) is 1. The highest BCUT2D eigenvalue weighted by molar-refractivity contribution is 5.94. The average Bonchev–Trinajstić information content (AvgIpc) is 2.69. The van der Waals surface area contributed by atoms with Gasteiger partial charge in [0.15, 0.2) is 6.10 Å². The first-order chi connectivity index (χ1) is 13.0. The van der Waals surface area contributed by atoms with Crippen molar-refractivity contribution in [3.63, 3.8) is 0 Å². The summed E-state index contributed by atoms with van der Waals surface area (Å²) in [6.45, 7) is 3.65. The Kier molecular flexibility index (Phi) is 5.85. The van der Waals surface area contributed by atoms with Crippen LogP contribution >= 0.6 is 0 Å². The zero-order chi connectivity index (χ0) is 19.2. The molecule has 8 nitrogen and oxygen atoms in total. The second-order valence-corrected chi connectivity index (χ2v) is 6.43. The standard InChI is InChI=1S/C19H22N4O4/c1-14(27-17-6-5-11-20-18(17)23(25)26)19(24)21-15-7-9-16(10-8-15)22-12-3-2-4-13-22/h5-11,14H,2-4,12-13H2,1H3,(H,21,24). The van der Waals surface area contributed by atoms with E-state index in [0.717, 1.165) is 18.8 Å². The van der Waals surface area contributed by atoms with E-state index in [1.807, 2.05) is 24.3 Å². The molecule has 1 fully saturated rings. The van der Waals surface area contributed by atoms with E-state index in [1.54, 1.807) is 0 Å². The van der Waals surface area contributed by atoms with Crippen LogP contribution in [0.3, 0.4) is 0 Å². The third kappa shape index (κ3) is 4.72. The number of rotatable bonds is 6. The van der Waals surface area contributed by atoms with Crippen LogP contribution in [0.1, 0.15) is 26.2 Å². The number of carbonyl (C=O) groups is 1. The van der Waals surface area contributed by atoms with E-state index in [0.29, 0.717) is 5.69 Å². The summed E-state index contributed by atoms with van der Waals surface area (Å²) in [6, 6.07) is 10.6. The fourth-order valence-corrected chi connectivity index (χ4v) is 3.01. The van der Waals surface area contributed by atoms with Crippen LogP contribution in [0.5, 0.6) is 5.75 Å². The normalized spacial score (nSPS) is 15.1. The second kappa shape index (κ2) is 8.48. The number of hydrogen-bond acceptors (Lipinski definition) is 6. The molecule has 2 aromatic rings. The first-order valence-corrected chi connectivity index (χ1v) is 8.96. The molecule has 1 unspecified atom stereocenters. The van der Waals surface area contributed by atoms with Gasteiger partial charge in [0.25, 0.3) is 5.91 Å². The molecule has 8 heteroatoms. The highest BCUT2D eigenvalue weighted by Gasteiger charge is 2.22. The van der Waals surface area contributed by atoms with Crippen LogP contribution in [0, 0.1) is 10.1 Å². The SMILES string of the molecule is CC(Oc1cccnc1[N+](=O)[O-])C(=O)Nc1ccc(N2CCCCC2)cc1. The molecule has 1 saturated heterocycles. The summed E-state index contributed by atoms with van der Waals surface area (Å²) >= 11 is 0. The molecule has 1 atom stereocenters. The molecule has 142 valence electrons. The predicted octanol–water partition coefficient (Wildman–Crippen LogP) is 3.39. The van der Waals surface area contributed by atoms with Crippen LogP contribution in [0.25, 0.3) is 0 Å². The molecular weight excluding hydrogens is 348 g/mol. The summed E-state index contributed by atoms with van der Waals surface area (Å²) in [5.74, 6) is -0.840. The van der Waals surface area contributed by atoms with Gasteiger partial charge in [-0.3, -0.25) is 4.79 Å². The third-order valence-electron chi connectivity index (χ3n) is 4.45. The molecule has 1 aromatic carbocycles. The maximum Gasteiger partial charge on any atom is 0.406 e. The number of anilines is 2. The molecule has 0 bridgehead atoms. The molecule has 0 spiro atoms. The number of nitro groups is 1. The Bertz CT molecular complexity index is 804. The predicted molar refractivity (Wildman–Crippen MR) is 102 cm³/mol. The zero-order valence-electron chi connectivity index (χ0n) is 15.1. The third-order valence-corrected chi connectivity index (χ3v) is 4.45. The van der Waals surface area contributed by atoms with E-state index in [4.69, 9.17) is 4.74 Å². The Morgan fingerprint density at radius 1 is 1.22 bits per heavy atom. The van der Waals surface area contributed by atoms with Gasteiger partial charge in [-0.15, -0.1) is 0 Å². The van der Waals surface area contributed by atoms with Crippen molar-refractivity contribution in [2.75, 3.05) is 23.3 Å². The minimum Gasteiger partial charge on any atom is -0.473 e. The number of amides is 1. The zero-order valence-corrected chi connectivity index (χ0v) is 15.1. The van der Waals surface area contributed by atoms with E-state index in [1.165, 1.54) is 44.5 Å². The summed E-state index contributed by atoms with van der Waals surface area (Å²) in [6.07, 6.45) is 4.08. The topological polar surface area (TPSA) is 97.6 Å². The van der Waals surface area contributed by atoms with Gasteiger partial charge in [-0.05, 0) is 72.5 Å². The van der Waals surface area contributed by atoms with Gasteiger partial charge < -0.3 is 25.1 Å². The molecule has 0 aliphatic carbocycles. The number of pyridine rings is 1. The van der Waals surface area contributed by atoms with E-state index in [2.05, 4.69) is 15.2 Å². The smallest absolute Gasteiger partial charge is 0.406 e. The van der Waals surface area contributed by atoms with Crippen molar-refractivity contribution in [2.45, 2.75) is 32.3 Å². The Balaban J connectivity index is 1.60. The van der Waals surface area contributed by atoms with Gasteiger partial charge in [0.05, 0.1) is 0 Å². The Morgan fingerprint density at radius 2 is 1.93 bits per heavy atom. The molecule has 3 rings (SSSR count). The molecule has 1 aliphatic heterocycles. The highest BCUT2D eigenvalue weighted by Crippen LogP contribution is 2.25. The highest BCUT2D eigenvalue weighted by atomic mass is 16.6. The average molecular weight is 370 g/mol. The number of piperidine rings is 1. The minimum absolute atomic E-state index is 0.0365. The Hall–Kier alpha value is -3.16. The van der Waals surface area contributed by atoms with Crippen molar-refractivity contribution in [3.05, 3.63) is 52.7 Å². The van der Waals surface area contributed by atoms with Gasteiger partial charge in [-0.25, -0.2) is 0 Å². The van der Waals surface area contributed by atoms with Gasteiger partial charge in [-0.2, -0.15) is 0 Å². The number of benzene rings is 1. The van der Waals surface area contributed by atoms with E-state index in [9.17, 15) is 14.9 Å². The van der Waals surface area contributed by atoms with Gasteiger partial charge in [-0.1, -0.05) is 0 Å². The van der Waals surface area contributed by atoms with Crippen molar-refractivity contribution in [3.8, 4) is 5.75 Å². The summed E-state index contributed by atoms with van der Waals surface area (Å²) in [5, 5.41) is 13.8. The lowest BCUT2D eigenvalue weighted by atomic mass is 10.1. The van der Waals surface area contributed by atoms with E-state index in [-0.39, 0.29) is 11.7 Å². The minimum atomic E-state index is -0.908. The first kappa shape index (κ1) is 18.6. The molecule has 1 aliphatic rings. The maximum absolute atomic E-state index is 12.3. The molecule has 0 radical (unpaired) electrons. The molecule has 1 N–H and O–H groups in total. The molecule has 1 aromatic heterocycles. The summed E-state index contributed by atoms with van der Waals surface area (Å²) < 4.78 is 5.44. The number of ether oxygens (including phenoxy) is 1. The number of carbonyl (C=O) groups excluding carboxylic acids is 1. The van der Waals surface area contributed by atoms with Crippen LogP contribution in [0.15, 0.2) is 42.6 Å². The van der Waals surface area contributed by atoms with Gasteiger partial charge in [0, 0.05) is 24.5 Å². The summed E-state index contributed by atoms with van der Waals surface area (Å²) in [5.41, 5.74) is 1.79. The monoisotopic (exact) mass is 370 g/mol. The van der Waals surface area contributed by atoms with Crippen molar-refractivity contribution in [1.29, 1.82) is 0 Å². The maximum atomic E-state index is 12.3. The Labute approximate surface area is 157 Å². The lowest BCUT2D eigenvalue weighted by molar-refractivity contribution is -0.390. The van der Waals surface area contributed by atoms with Crippen molar-refractivity contribution in [2.24, 2.45) is 0 Å². The van der Waals surface area contributed by atoms with Crippen molar-refractivity contribution >= 4 is 23.1 Å². The molecule has 2 heterocycles. The van der Waals surface area contributed by atoms with Gasteiger partial charge in [0.1, 0.15) is 6.20 Å². The van der Waals surface area contributed by atoms with E-state index < -0.39 is 16.8 Å². The van der Waals surface area contributed by atoms with Gasteiger partial charge in [0.2, 0.25) is 5.75 Å². The van der Waals surface area contributed by atoms with Crippen molar-refractivity contribution < 1.29 is 14.5 Å². The number of nitrogens with one attached hydrogen (secondary N) is 1. The molecule has 0 saturated carbocycles. The van der Waals surface area contributed by atoms with Crippen LogP contribution < -0.4 is 15.0 Å². The van der Waals surface area contributed by atoms with E-state index >= 15 is 0 Å². The van der Waals surface area contributed by atoms with Crippen LogP contribution in [0.2, 0.25) is 0 Å². The van der Waals surface area contributed by atoms with Gasteiger partial charge >= 0.3 is 5.82 Å².